The highest BCUT2D eigenvalue weighted by molar-refractivity contribution is 6.29. The van der Waals surface area contributed by atoms with Crippen LogP contribution in [-0.4, -0.2) is 65.9 Å². The monoisotopic (exact) mass is 475 g/mol. The van der Waals surface area contributed by atoms with Gasteiger partial charge in [-0.25, -0.2) is 4.79 Å². The number of carbonyl (C=O) groups excluding carboxylic acids is 2. The van der Waals surface area contributed by atoms with Gasteiger partial charge in [-0.15, -0.1) is 10.2 Å². The number of nitrogens with zero attached hydrogens (tertiary/aromatic N) is 4. The number of nitrogens with one attached hydrogen (secondary N) is 1. The molecule has 2 aromatic heterocycles. The Morgan fingerprint density at radius 3 is 2.70 bits per heavy atom. The minimum absolute atomic E-state index is 0.00508. The van der Waals surface area contributed by atoms with Crippen LogP contribution in [0, 0.1) is 0 Å². The molecule has 0 aromatic carbocycles. The van der Waals surface area contributed by atoms with Gasteiger partial charge in [0.1, 0.15) is 5.76 Å². The molecule has 2 aliphatic heterocycles. The lowest BCUT2D eigenvalue weighted by molar-refractivity contribution is 0.0892. The van der Waals surface area contributed by atoms with Crippen LogP contribution in [0.25, 0.3) is 0 Å². The minimum atomic E-state index is -0.239. The summed E-state index contributed by atoms with van der Waals surface area (Å²) in [5.74, 6) is 1.83. The molecular weight excluding hydrogens is 446 g/mol. The van der Waals surface area contributed by atoms with Crippen molar-refractivity contribution in [3.63, 3.8) is 0 Å². The van der Waals surface area contributed by atoms with Gasteiger partial charge in [-0.2, -0.15) is 0 Å². The van der Waals surface area contributed by atoms with Crippen molar-refractivity contribution in [2.24, 2.45) is 0 Å². The summed E-state index contributed by atoms with van der Waals surface area (Å²) in [7, 11) is 0. The maximum absolute atomic E-state index is 12.7. The Morgan fingerprint density at radius 1 is 1.15 bits per heavy atom. The van der Waals surface area contributed by atoms with Crippen molar-refractivity contribution in [3.8, 4) is 0 Å². The number of hydrogen-bond acceptors (Lipinski definition) is 7. The third-order valence-corrected chi connectivity index (χ3v) is 6.40. The first-order valence-electron chi connectivity index (χ1n) is 11.6. The first-order chi connectivity index (χ1) is 16.0. The van der Waals surface area contributed by atoms with E-state index in [9.17, 15) is 9.59 Å². The van der Waals surface area contributed by atoms with E-state index in [1.165, 1.54) is 0 Å². The lowest BCUT2D eigenvalue weighted by Crippen LogP contribution is -2.38. The van der Waals surface area contributed by atoms with Gasteiger partial charge in [0, 0.05) is 38.1 Å². The van der Waals surface area contributed by atoms with Gasteiger partial charge in [-0.3, -0.25) is 4.79 Å². The first-order valence-corrected chi connectivity index (χ1v) is 12.0. The van der Waals surface area contributed by atoms with E-state index in [-0.39, 0.29) is 24.0 Å². The van der Waals surface area contributed by atoms with Gasteiger partial charge >= 0.3 is 6.09 Å². The van der Waals surface area contributed by atoms with Crippen molar-refractivity contribution in [1.29, 1.82) is 0 Å². The number of hydrogen-bond donors (Lipinski definition) is 1. The van der Waals surface area contributed by atoms with E-state index in [0.29, 0.717) is 37.2 Å². The van der Waals surface area contributed by atoms with Crippen molar-refractivity contribution in [1.82, 2.24) is 20.4 Å². The van der Waals surface area contributed by atoms with Crippen LogP contribution >= 0.6 is 11.6 Å². The molecular formula is C23H30ClN5O4. The molecule has 178 valence electrons. The largest absolute Gasteiger partial charge is 0.456 e. The minimum Gasteiger partial charge on any atom is -0.456 e. The summed E-state index contributed by atoms with van der Waals surface area (Å²) >= 11 is 5.80. The zero-order valence-corrected chi connectivity index (χ0v) is 19.6. The Balaban J connectivity index is 1.24. The number of likely N-dealkylation sites (tertiary alicyclic amines) is 1. The zero-order chi connectivity index (χ0) is 23.2. The summed E-state index contributed by atoms with van der Waals surface area (Å²) in [6.07, 6.45) is 4.04. The van der Waals surface area contributed by atoms with Crippen molar-refractivity contribution in [3.05, 3.63) is 40.9 Å². The average Bonchev–Trinajstić information content (AvgIpc) is 3.50. The molecule has 0 aliphatic carbocycles. The van der Waals surface area contributed by atoms with Crippen LogP contribution in [0.5, 0.6) is 0 Å². The Morgan fingerprint density at radius 2 is 1.97 bits per heavy atom. The van der Waals surface area contributed by atoms with Gasteiger partial charge in [0.05, 0.1) is 6.61 Å². The molecule has 2 aliphatic rings. The van der Waals surface area contributed by atoms with Crippen LogP contribution in [0.4, 0.5) is 10.6 Å². The molecule has 0 radical (unpaired) electrons. The highest BCUT2D eigenvalue weighted by Crippen LogP contribution is 2.30. The number of amides is 2. The molecule has 2 aromatic rings. The zero-order valence-electron chi connectivity index (χ0n) is 18.8. The lowest BCUT2D eigenvalue weighted by Gasteiger charge is -2.30. The molecule has 2 fully saturated rings. The van der Waals surface area contributed by atoms with Crippen molar-refractivity contribution in [2.45, 2.75) is 51.0 Å². The number of furan rings is 1. The second kappa shape index (κ2) is 10.9. The van der Waals surface area contributed by atoms with Gasteiger partial charge in [-0.1, -0.05) is 24.9 Å². The number of ether oxygens (including phenoxy) is 1. The SMILES string of the molecule is CCCCOC(=O)N1CCC(c2ccc(C(=O)NC3CCN(c4ccc(Cl)nn4)C3)o2)CC1. The summed E-state index contributed by atoms with van der Waals surface area (Å²) in [5.41, 5.74) is 0. The molecule has 2 amide bonds. The van der Waals surface area contributed by atoms with Crippen molar-refractivity contribution >= 4 is 29.4 Å². The number of aromatic nitrogens is 2. The van der Waals surface area contributed by atoms with Crippen LogP contribution in [0.1, 0.15) is 61.3 Å². The van der Waals surface area contributed by atoms with Crippen molar-refractivity contribution < 1.29 is 18.7 Å². The maximum Gasteiger partial charge on any atom is 0.409 e. The van der Waals surface area contributed by atoms with Crippen LogP contribution < -0.4 is 10.2 Å². The normalized spacial score (nSPS) is 19.0. The molecule has 4 rings (SSSR count). The average molecular weight is 476 g/mol. The fourth-order valence-corrected chi connectivity index (χ4v) is 4.36. The number of halogens is 1. The van der Waals surface area contributed by atoms with Crippen molar-refractivity contribution in [2.75, 3.05) is 37.7 Å². The number of carbonyl (C=O) groups is 2. The van der Waals surface area contributed by atoms with Crippen LogP contribution in [0.3, 0.4) is 0 Å². The van der Waals surface area contributed by atoms with Gasteiger partial charge in [0.2, 0.25) is 0 Å². The molecule has 0 bridgehead atoms. The first kappa shape index (κ1) is 23.4. The van der Waals surface area contributed by atoms with E-state index in [4.69, 9.17) is 20.8 Å². The standard InChI is InChI=1S/C23H30ClN5O4/c1-2-3-14-32-23(31)28-11-8-16(9-12-28)18-4-5-19(33-18)22(30)25-17-10-13-29(15-17)21-7-6-20(24)26-27-21/h4-7,16-17H,2-3,8-15H2,1H3,(H,25,30). The quantitative estimate of drug-likeness (QED) is 0.607. The molecule has 4 heterocycles. The lowest BCUT2D eigenvalue weighted by atomic mass is 9.95. The van der Waals surface area contributed by atoms with E-state index < -0.39 is 0 Å². The second-order valence-corrected chi connectivity index (χ2v) is 8.94. The van der Waals surface area contributed by atoms with E-state index >= 15 is 0 Å². The summed E-state index contributed by atoms with van der Waals surface area (Å²) in [6, 6.07) is 7.15. The molecule has 0 saturated carbocycles. The van der Waals surface area contributed by atoms with Crippen LogP contribution in [0.15, 0.2) is 28.7 Å². The van der Waals surface area contributed by atoms with Gasteiger partial charge < -0.3 is 24.3 Å². The van der Waals surface area contributed by atoms with Crippen LogP contribution in [0.2, 0.25) is 5.15 Å². The Labute approximate surface area is 198 Å². The van der Waals surface area contributed by atoms with Gasteiger partial charge in [0.15, 0.2) is 16.7 Å². The summed E-state index contributed by atoms with van der Waals surface area (Å²) in [6.45, 7) is 5.23. The smallest absolute Gasteiger partial charge is 0.409 e. The molecule has 1 unspecified atom stereocenters. The number of piperidine rings is 1. The predicted octanol–water partition coefficient (Wildman–Crippen LogP) is 3.85. The molecule has 10 heteroatoms. The Bertz CT molecular complexity index is 943. The summed E-state index contributed by atoms with van der Waals surface area (Å²) in [5, 5.41) is 11.4. The van der Waals surface area contributed by atoms with Gasteiger partial charge in [0.25, 0.3) is 5.91 Å². The number of rotatable bonds is 7. The van der Waals surface area contributed by atoms with E-state index in [1.54, 1.807) is 17.0 Å². The summed E-state index contributed by atoms with van der Waals surface area (Å²) in [4.78, 5) is 28.6. The highest BCUT2D eigenvalue weighted by atomic mass is 35.5. The number of unbranched alkanes of at least 4 members (excludes halogenated alkanes) is 1. The third kappa shape index (κ3) is 5.96. The molecule has 1 N–H and O–H groups in total. The molecule has 1 atom stereocenters. The van der Waals surface area contributed by atoms with Crippen LogP contribution in [-0.2, 0) is 4.74 Å². The molecule has 33 heavy (non-hydrogen) atoms. The van der Waals surface area contributed by atoms with Gasteiger partial charge in [-0.05, 0) is 49.9 Å². The molecule has 2 saturated heterocycles. The molecule has 9 nitrogen and oxygen atoms in total. The third-order valence-electron chi connectivity index (χ3n) is 6.19. The number of anilines is 1. The van der Waals surface area contributed by atoms with E-state index in [0.717, 1.165) is 50.2 Å². The second-order valence-electron chi connectivity index (χ2n) is 8.55. The fourth-order valence-electron chi connectivity index (χ4n) is 4.26. The topological polar surface area (TPSA) is 101 Å². The Kier molecular flexibility index (Phi) is 7.69. The van der Waals surface area contributed by atoms with E-state index in [1.807, 2.05) is 12.1 Å². The van der Waals surface area contributed by atoms with E-state index in [2.05, 4.69) is 27.3 Å². The summed E-state index contributed by atoms with van der Waals surface area (Å²) < 4.78 is 11.2. The highest BCUT2D eigenvalue weighted by Gasteiger charge is 2.29. The molecule has 0 spiro atoms. The Hall–Kier alpha value is -2.81. The maximum atomic E-state index is 12.7. The fraction of sp³-hybridized carbons (Fsp3) is 0.565. The predicted molar refractivity (Wildman–Crippen MR) is 124 cm³/mol.